The fourth-order valence-electron chi connectivity index (χ4n) is 7.75. The lowest BCUT2D eigenvalue weighted by molar-refractivity contribution is 0.0547. The number of carbonyl (C=O) groups is 2. The van der Waals surface area contributed by atoms with Crippen LogP contribution >= 0.6 is 0 Å². The Morgan fingerprint density at radius 3 is 2.33 bits per heavy atom. The minimum atomic E-state index is -0.848. The van der Waals surface area contributed by atoms with Gasteiger partial charge in [0.2, 0.25) is 5.56 Å². The molecule has 0 saturated carbocycles. The number of para-hydroxylation sites is 1. The van der Waals surface area contributed by atoms with Crippen LogP contribution in [0.3, 0.4) is 0 Å². The zero-order valence-electron chi connectivity index (χ0n) is 31.0. The molecule has 0 bridgehead atoms. The van der Waals surface area contributed by atoms with Crippen molar-refractivity contribution in [2.75, 3.05) is 44.6 Å². The van der Waals surface area contributed by atoms with Crippen LogP contribution < -0.4 is 16.2 Å². The van der Waals surface area contributed by atoms with Crippen molar-refractivity contribution in [2.45, 2.75) is 50.9 Å². The molecule has 2 amide bonds. The highest BCUT2D eigenvalue weighted by Crippen LogP contribution is 2.30. The summed E-state index contributed by atoms with van der Waals surface area (Å²) < 4.78 is 5.82. The predicted octanol–water partition coefficient (Wildman–Crippen LogP) is 6.68. The van der Waals surface area contributed by atoms with Crippen molar-refractivity contribution < 1.29 is 24.5 Å². The highest BCUT2D eigenvalue weighted by molar-refractivity contribution is 5.94. The molecule has 0 aliphatic carbocycles. The van der Waals surface area contributed by atoms with E-state index in [4.69, 9.17) is 4.74 Å². The van der Waals surface area contributed by atoms with Crippen molar-refractivity contribution in [3.8, 4) is 16.9 Å². The molecule has 11 nitrogen and oxygen atoms in total. The summed E-state index contributed by atoms with van der Waals surface area (Å²) in [6, 6.07) is 31.5. The van der Waals surface area contributed by atoms with Crippen LogP contribution in [0.1, 0.15) is 59.7 Å². The summed E-state index contributed by atoms with van der Waals surface area (Å²) in [4.78, 5) is 44.9. The number of H-pyrrole nitrogens is 1. The van der Waals surface area contributed by atoms with E-state index in [1.54, 1.807) is 12.1 Å². The lowest BCUT2D eigenvalue weighted by Gasteiger charge is -2.35. The van der Waals surface area contributed by atoms with E-state index in [9.17, 15) is 24.6 Å². The number of aliphatic hydroxyl groups is 1. The van der Waals surface area contributed by atoms with Crippen LogP contribution in [0.4, 0.5) is 10.5 Å². The Labute approximate surface area is 321 Å². The van der Waals surface area contributed by atoms with E-state index < -0.39 is 12.2 Å². The molecule has 1 aromatic heterocycles. The molecule has 2 aliphatic rings. The summed E-state index contributed by atoms with van der Waals surface area (Å²) in [6.45, 7) is 5.11. The Morgan fingerprint density at radius 1 is 0.836 bits per heavy atom. The van der Waals surface area contributed by atoms with Crippen LogP contribution in [0.15, 0.2) is 108 Å². The summed E-state index contributed by atoms with van der Waals surface area (Å²) in [5.41, 5.74) is 5.00. The third-order valence-electron chi connectivity index (χ3n) is 10.9. The van der Waals surface area contributed by atoms with E-state index in [1.807, 2.05) is 83.8 Å². The Bertz CT molecular complexity index is 2120. The quantitative estimate of drug-likeness (QED) is 0.0952. The number of phenolic OH excluding ortho intramolecular Hbond substituents is 1. The summed E-state index contributed by atoms with van der Waals surface area (Å²) >= 11 is 0. The zero-order valence-corrected chi connectivity index (χ0v) is 31.0. The second-order valence-electron chi connectivity index (χ2n) is 14.6. The average Bonchev–Trinajstić information content (AvgIpc) is 3.21. The van der Waals surface area contributed by atoms with Gasteiger partial charge in [-0.3, -0.25) is 14.9 Å². The monoisotopic (exact) mass is 743 g/mol. The number of hydrogen-bond acceptors (Lipinski definition) is 8. The molecule has 55 heavy (non-hydrogen) atoms. The molecule has 5 N–H and O–H groups in total. The number of aromatic nitrogens is 1. The van der Waals surface area contributed by atoms with Crippen molar-refractivity contribution >= 4 is 28.6 Å². The van der Waals surface area contributed by atoms with Gasteiger partial charge < -0.3 is 35.1 Å². The van der Waals surface area contributed by atoms with Crippen molar-refractivity contribution in [1.82, 2.24) is 20.1 Å². The lowest BCUT2D eigenvalue weighted by atomic mass is 9.92. The van der Waals surface area contributed by atoms with Gasteiger partial charge in [-0.25, -0.2) is 4.79 Å². The third kappa shape index (κ3) is 9.61. The molecule has 7 rings (SSSR count). The van der Waals surface area contributed by atoms with Crippen molar-refractivity contribution in [3.63, 3.8) is 0 Å². The first kappa shape index (κ1) is 37.8. The fourth-order valence-corrected chi connectivity index (χ4v) is 7.75. The van der Waals surface area contributed by atoms with Gasteiger partial charge in [-0.05, 0) is 91.6 Å². The molecule has 11 heteroatoms. The average molecular weight is 744 g/mol. The lowest BCUT2D eigenvalue weighted by Crippen LogP contribution is -2.41. The second-order valence-corrected chi connectivity index (χ2v) is 14.6. The topological polar surface area (TPSA) is 147 Å². The number of anilines is 1. The number of aromatic amines is 1. The van der Waals surface area contributed by atoms with Crippen LogP contribution in [0.25, 0.3) is 22.0 Å². The number of nitrogens with one attached hydrogen (secondary N) is 3. The first-order chi connectivity index (χ1) is 26.8. The van der Waals surface area contributed by atoms with Gasteiger partial charge in [0, 0.05) is 61.8 Å². The predicted molar refractivity (Wildman–Crippen MR) is 214 cm³/mol. The number of fused-ring (bicyclic) bond motifs is 1. The molecule has 3 heterocycles. The van der Waals surface area contributed by atoms with Crippen LogP contribution in [-0.2, 0) is 11.3 Å². The molecule has 0 spiro atoms. The van der Waals surface area contributed by atoms with Crippen molar-refractivity contribution in [3.05, 3.63) is 130 Å². The number of aromatic hydroxyl groups is 1. The molecular formula is C44H49N5O6. The maximum absolute atomic E-state index is 13.3. The number of aliphatic hydroxyl groups excluding tert-OH is 1. The van der Waals surface area contributed by atoms with E-state index in [0.29, 0.717) is 34.5 Å². The van der Waals surface area contributed by atoms with E-state index >= 15 is 0 Å². The van der Waals surface area contributed by atoms with Crippen LogP contribution in [0.5, 0.6) is 5.75 Å². The van der Waals surface area contributed by atoms with Crippen molar-refractivity contribution in [2.24, 2.45) is 5.92 Å². The van der Waals surface area contributed by atoms with Gasteiger partial charge in [0.1, 0.15) is 11.9 Å². The Hall–Kier alpha value is -5.49. The van der Waals surface area contributed by atoms with Gasteiger partial charge in [-0.15, -0.1) is 0 Å². The van der Waals surface area contributed by atoms with E-state index in [1.165, 1.54) is 12.1 Å². The molecule has 4 aromatic carbocycles. The molecule has 0 unspecified atom stereocenters. The molecule has 5 aromatic rings. The normalized spacial score (nSPS) is 16.2. The number of amides is 2. The van der Waals surface area contributed by atoms with Gasteiger partial charge in [0.25, 0.3) is 5.91 Å². The number of phenols is 1. The number of hydrogen-bond donors (Lipinski definition) is 5. The van der Waals surface area contributed by atoms with Gasteiger partial charge >= 0.3 is 6.09 Å². The maximum Gasteiger partial charge on any atom is 0.411 e. The Morgan fingerprint density at radius 2 is 1.56 bits per heavy atom. The third-order valence-corrected chi connectivity index (χ3v) is 10.9. The first-order valence-corrected chi connectivity index (χ1v) is 19.3. The fraction of sp³-hybridized carbons (Fsp3) is 0.341. The molecule has 0 radical (unpaired) electrons. The SMILES string of the molecule is O=C(Nc1ccccc1-c1ccccc1)OC1CCN(CCC2CCN(C(=O)c3ccc(CNC[C@H](O)c4ccc(O)c5[nH]c(=O)ccc45)cc3)CC2)CC1. The standard InChI is InChI=1S/C44H49N5O6/c50-39-16-14-36(37-15-17-41(52)47-42(37)39)40(51)29-45-28-31-10-12-33(13-11-31)43(53)49-26-19-30(20-27-49)18-23-48-24-21-34(22-25-48)55-44(54)46-38-9-5-4-8-35(38)32-6-2-1-3-7-32/h1-17,30,34,40,45,50-51H,18-29H2,(H,46,54)(H,47,52)/t40-/m0/s1. The number of piperidine rings is 2. The van der Waals surface area contributed by atoms with Crippen LogP contribution in [-0.4, -0.2) is 82.4 Å². The van der Waals surface area contributed by atoms with Crippen LogP contribution in [0, 0.1) is 5.92 Å². The zero-order chi connectivity index (χ0) is 38.1. The minimum absolute atomic E-state index is 0.0445. The summed E-state index contributed by atoms with van der Waals surface area (Å²) in [7, 11) is 0. The molecule has 2 fully saturated rings. The number of nitrogens with zero attached hydrogens (tertiary/aromatic N) is 2. The summed E-state index contributed by atoms with van der Waals surface area (Å²) in [5.74, 6) is 0.594. The summed E-state index contributed by atoms with van der Waals surface area (Å²) in [6.07, 6.45) is 3.37. The molecule has 2 saturated heterocycles. The van der Waals surface area contributed by atoms with Crippen LogP contribution in [0.2, 0.25) is 0 Å². The van der Waals surface area contributed by atoms with Gasteiger partial charge in [0.05, 0.1) is 17.3 Å². The Balaban J connectivity index is 0.789. The molecule has 2 aliphatic heterocycles. The Kier molecular flexibility index (Phi) is 12.2. The number of benzene rings is 4. The molecular weight excluding hydrogens is 695 g/mol. The number of pyridine rings is 1. The van der Waals surface area contributed by atoms with E-state index in [-0.39, 0.29) is 29.9 Å². The highest BCUT2D eigenvalue weighted by Gasteiger charge is 2.26. The summed E-state index contributed by atoms with van der Waals surface area (Å²) in [5, 5.41) is 27.8. The second kappa shape index (κ2) is 17.8. The highest BCUT2D eigenvalue weighted by atomic mass is 16.6. The number of likely N-dealkylation sites (tertiary alicyclic amines) is 2. The van der Waals surface area contributed by atoms with Gasteiger partial charge in [-0.1, -0.05) is 66.7 Å². The molecule has 286 valence electrons. The number of carbonyl (C=O) groups excluding carboxylic acids is 2. The molecule has 1 atom stereocenters. The minimum Gasteiger partial charge on any atom is -0.506 e. The van der Waals surface area contributed by atoms with Gasteiger partial charge in [0.15, 0.2) is 0 Å². The first-order valence-electron chi connectivity index (χ1n) is 19.3. The smallest absolute Gasteiger partial charge is 0.411 e. The van der Waals surface area contributed by atoms with E-state index in [2.05, 4.69) is 20.5 Å². The maximum atomic E-state index is 13.3. The number of rotatable bonds is 12. The number of ether oxygens (including phenoxy) is 1. The van der Waals surface area contributed by atoms with Crippen molar-refractivity contribution in [1.29, 1.82) is 0 Å². The van der Waals surface area contributed by atoms with E-state index in [0.717, 1.165) is 87.2 Å². The van der Waals surface area contributed by atoms with Gasteiger partial charge in [-0.2, -0.15) is 0 Å². The largest absolute Gasteiger partial charge is 0.506 e.